The van der Waals surface area contributed by atoms with Crippen LogP contribution in [0.5, 0.6) is 0 Å². The van der Waals surface area contributed by atoms with E-state index in [9.17, 15) is 4.39 Å². The van der Waals surface area contributed by atoms with Crippen molar-refractivity contribution in [1.29, 1.82) is 0 Å². The number of hydrogen-bond acceptors (Lipinski definition) is 2. The van der Waals surface area contributed by atoms with Crippen LogP contribution in [0.3, 0.4) is 0 Å². The van der Waals surface area contributed by atoms with Gasteiger partial charge in [0, 0.05) is 12.2 Å². The Balaban J connectivity index is 2.40. The van der Waals surface area contributed by atoms with Gasteiger partial charge in [0.1, 0.15) is 5.82 Å². The minimum absolute atomic E-state index is 0.0849. The number of benzene rings is 1. The second-order valence-electron chi connectivity index (χ2n) is 6.48. The van der Waals surface area contributed by atoms with E-state index in [4.69, 9.17) is 4.74 Å². The molecule has 0 aromatic heterocycles. The van der Waals surface area contributed by atoms with Gasteiger partial charge in [-0.3, -0.25) is 0 Å². The maximum absolute atomic E-state index is 14.6. The van der Waals surface area contributed by atoms with Gasteiger partial charge in [0.2, 0.25) is 0 Å². The molecule has 1 N–H and O–H groups in total. The highest BCUT2D eigenvalue weighted by Gasteiger charge is 2.39. The van der Waals surface area contributed by atoms with E-state index in [2.05, 4.69) is 25.2 Å². The average molecular weight is 293 g/mol. The molecule has 1 fully saturated rings. The summed E-state index contributed by atoms with van der Waals surface area (Å²) in [7, 11) is 0. The molecular weight excluding hydrogens is 265 g/mol. The predicted octanol–water partition coefficient (Wildman–Crippen LogP) is 4.44. The highest BCUT2D eigenvalue weighted by molar-refractivity contribution is 5.36. The van der Waals surface area contributed by atoms with Gasteiger partial charge in [-0.15, -0.1) is 0 Å². The summed E-state index contributed by atoms with van der Waals surface area (Å²) in [6.45, 7) is 9.83. The van der Waals surface area contributed by atoms with Crippen LogP contribution in [0.15, 0.2) is 12.1 Å². The monoisotopic (exact) mass is 293 g/mol. The standard InChI is InChI=1S/C18H28FNO/c1-5-9-20-17(18(4)8-6-7-10-21-18)16-14(3)11-13(2)12-15(16)19/h11-12,17,20H,5-10H2,1-4H3. The van der Waals surface area contributed by atoms with Crippen LogP contribution in [0, 0.1) is 19.7 Å². The summed E-state index contributed by atoms with van der Waals surface area (Å²) in [4.78, 5) is 0. The van der Waals surface area contributed by atoms with Crippen molar-refractivity contribution >= 4 is 0 Å². The van der Waals surface area contributed by atoms with Crippen LogP contribution >= 0.6 is 0 Å². The SMILES string of the molecule is CCCNC(c1c(C)cc(C)cc1F)C1(C)CCCCO1. The van der Waals surface area contributed by atoms with Crippen LogP contribution in [0.2, 0.25) is 0 Å². The van der Waals surface area contributed by atoms with Gasteiger partial charge < -0.3 is 10.1 Å². The molecule has 0 bridgehead atoms. The molecule has 1 aliphatic heterocycles. The molecule has 0 spiro atoms. The minimum atomic E-state index is -0.325. The quantitative estimate of drug-likeness (QED) is 0.866. The Bertz CT molecular complexity index is 457. The van der Waals surface area contributed by atoms with E-state index in [0.29, 0.717) is 0 Å². The number of rotatable bonds is 5. The first-order valence-electron chi connectivity index (χ1n) is 8.12. The van der Waals surface area contributed by atoms with Crippen LogP contribution in [-0.2, 0) is 4.74 Å². The lowest BCUT2D eigenvalue weighted by molar-refractivity contribution is -0.0905. The first-order chi connectivity index (χ1) is 9.98. The summed E-state index contributed by atoms with van der Waals surface area (Å²) < 4.78 is 20.7. The number of hydrogen-bond donors (Lipinski definition) is 1. The van der Waals surface area contributed by atoms with E-state index in [1.54, 1.807) is 6.07 Å². The topological polar surface area (TPSA) is 21.3 Å². The second kappa shape index (κ2) is 6.89. The molecule has 0 radical (unpaired) electrons. The zero-order valence-corrected chi connectivity index (χ0v) is 13.8. The van der Waals surface area contributed by atoms with Gasteiger partial charge in [0.25, 0.3) is 0 Å². The van der Waals surface area contributed by atoms with Gasteiger partial charge in [-0.05, 0) is 70.2 Å². The number of aryl methyl sites for hydroxylation is 2. The van der Waals surface area contributed by atoms with E-state index in [1.165, 1.54) is 0 Å². The molecule has 1 aliphatic rings. The molecular formula is C18H28FNO. The molecule has 1 aromatic rings. The molecule has 1 heterocycles. The summed E-state index contributed by atoms with van der Waals surface area (Å²) in [6, 6.07) is 3.61. The lowest BCUT2D eigenvalue weighted by atomic mass is 9.82. The summed E-state index contributed by atoms with van der Waals surface area (Å²) in [5, 5.41) is 3.53. The van der Waals surface area contributed by atoms with Gasteiger partial charge >= 0.3 is 0 Å². The minimum Gasteiger partial charge on any atom is -0.373 e. The molecule has 118 valence electrons. The molecule has 2 nitrogen and oxygen atoms in total. The third kappa shape index (κ3) is 3.64. The zero-order chi connectivity index (χ0) is 15.5. The van der Waals surface area contributed by atoms with Crippen LogP contribution in [0.1, 0.15) is 62.3 Å². The van der Waals surface area contributed by atoms with Crippen molar-refractivity contribution in [3.05, 3.63) is 34.6 Å². The Morgan fingerprint density at radius 3 is 2.67 bits per heavy atom. The molecule has 1 aromatic carbocycles. The Hall–Kier alpha value is -0.930. The Morgan fingerprint density at radius 1 is 1.33 bits per heavy atom. The van der Waals surface area contributed by atoms with Crippen molar-refractivity contribution in [3.8, 4) is 0 Å². The molecule has 0 saturated carbocycles. The third-order valence-electron chi connectivity index (χ3n) is 4.48. The van der Waals surface area contributed by atoms with Gasteiger partial charge in [-0.25, -0.2) is 4.39 Å². The van der Waals surface area contributed by atoms with Gasteiger partial charge in [-0.2, -0.15) is 0 Å². The highest BCUT2D eigenvalue weighted by atomic mass is 19.1. The van der Waals surface area contributed by atoms with Gasteiger partial charge in [-0.1, -0.05) is 13.0 Å². The van der Waals surface area contributed by atoms with E-state index in [1.807, 2.05) is 13.8 Å². The molecule has 3 heteroatoms. The van der Waals surface area contributed by atoms with Crippen molar-refractivity contribution in [2.45, 2.75) is 65.0 Å². The highest BCUT2D eigenvalue weighted by Crippen LogP contribution is 2.39. The Kier molecular flexibility index (Phi) is 5.39. The largest absolute Gasteiger partial charge is 0.373 e. The Labute approximate surface area is 128 Å². The van der Waals surface area contributed by atoms with Crippen LogP contribution in [-0.4, -0.2) is 18.8 Å². The molecule has 0 amide bonds. The lowest BCUT2D eigenvalue weighted by Gasteiger charge is -2.42. The van der Waals surface area contributed by atoms with Crippen molar-refractivity contribution in [3.63, 3.8) is 0 Å². The molecule has 2 unspecified atom stereocenters. The van der Waals surface area contributed by atoms with Crippen molar-refractivity contribution in [1.82, 2.24) is 5.32 Å². The summed E-state index contributed by atoms with van der Waals surface area (Å²) >= 11 is 0. The Morgan fingerprint density at radius 2 is 2.10 bits per heavy atom. The van der Waals surface area contributed by atoms with Gasteiger partial charge in [0.15, 0.2) is 0 Å². The molecule has 0 aliphatic carbocycles. The first-order valence-corrected chi connectivity index (χ1v) is 8.12. The first kappa shape index (κ1) is 16.4. The fourth-order valence-electron chi connectivity index (χ4n) is 3.39. The number of ether oxygens (including phenoxy) is 1. The van der Waals surface area contributed by atoms with Crippen LogP contribution in [0.25, 0.3) is 0 Å². The maximum Gasteiger partial charge on any atom is 0.128 e. The van der Waals surface area contributed by atoms with E-state index >= 15 is 0 Å². The fourth-order valence-corrected chi connectivity index (χ4v) is 3.39. The van der Waals surface area contributed by atoms with Gasteiger partial charge in [0.05, 0.1) is 11.6 Å². The summed E-state index contributed by atoms with van der Waals surface area (Å²) in [5.74, 6) is -0.114. The van der Waals surface area contributed by atoms with E-state index in [0.717, 1.165) is 55.5 Å². The van der Waals surface area contributed by atoms with Crippen LogP contribution < -0.4 is 5.32 Å². The normalized spacial score (nSPS) is 24.0. The second-order valence-corrected chi connectivity index (χ2v) is 6.48. The smallest absolute Gasteiger partial charge is 0.128 e. The number of nitrogens with one attached hydrogen (secondary N) is 1. The zero-order valence-electron chi connectivity index (χ0n) is 13.8. The molecule has 21 heavy (non-hydrogen) atoms. The van der Waals surface area contributed by atoms with Crippen molar-refractivity contribution in [2.75, 3.05) is 13.2 Å². The molecule has 1 saturated heterocycles. The van der Waals surface area contributed by atoms with Crippen LogP contribution in [0.4, 0.5) is 4.39 Å². The lowest BCUT2D eigenvalue weighted by Crippen LogP contribution is -2.46. The predicted molar refractivity (Wildman–Crippen MR) is 85.1 cm³/mol. The van der Waals surface area contributed by atoms with E-state index in [-0.39, 0.29) is 17.5 Å². The molecule has 2 rings (SSSR count). The molecule has 2 atom stereocenters. The van der Waals surface area contributed by atoms with Crippen molar-refractivity contribution < 1.29 is 9.13 Å². The van der Waals surface area contributed by atoms with Crippen molar-refractivity contribution in [2.24, 2.45) is 0 Å². The third-order valence-corrected chi connectivity index (χ3v) is 4.48. The number of halogens is 1. The maximum atomic E-state index is 14.6. The summed E-state index contributed by atoms with van der Waals surface area (Å²) in [6.07, 6.45) is 4.25. The fraction of sp³-hybridized carbons (Fsp3) is 0.667. The summed E-state index contributed by atoms with van der Waals surface area (Å²) in [5.41, 5.74) is 2.43. The average Bonchev–Trinajstić information content (AvgIpc) is 2.42. The van der Waals surface area contributed by atoms with E-state index < -0.39 is 0 Å².